The fourth-order valence-electron chi connectivity index (χ4n) is 1.93. The first kappa shape index (κ1) is 12.1. The number of carbonyl (C=O) groups is 1. The van der Waals surface area contributed by atoms with Crippen molar-refractivity contribution in [2.24, 2.45) is 0 Å². The van der Waals surface area contributed by atoms with E-state index >= 15 is 0 Å². The SMILES string of the molecule is Nc1ccc(C(=O)Nc2cccc3cccnc23)nc1. The molecular weight excluding hydrogens is 252 g/mol. The number of fused-ring (bicyclic) bond motifs is 1. The molecule has 0 aliphatic carbocycles. The van der Waals surface area contributed by atoms with E-state index in [9.17, 15) is 4.79 Å². The Morgan fingerprint density at radius 3 is 2.70 bits per heavy atom. The number of amides is 1. The molecule has 0 unspecified atom stereocenters. The van der Waals surface area contributed by atoms with Crippen LogP contribution in [0.15, 0.2) is 54.9 Å². The molecule has 0 saturated carbocycles. The Bertz CT molecular complexity index is 763. The zero-order valence-electron chi connectivity index (χ0n) is 10.6. The van der Waals surface area contributed by atoms with Crippen LogP contribution in [-0.2, 0) is 0 Å². The minimum Gasteiger partial charge on any atom is -0.397 e. The van der Waals surface area contributed by atoms with Gasteiger partial charge in [0.25, 0.3) is 5.91 Å². The lowest BCUT2D eigenvalue weighted by molar-refractivity contribution is 0.102. The molecule has 3 N–H and O–H groups in total. The molecule has 5 heteroatoms. The molecule has 1 aromatic carbocycles. The van der Waals surface area contributed by atoms with Crippen LogP contribution in [0.3, 0.4) is 0 Å². The van der Waals surface area contributed by atoms with Crippen molar-refractivity contribution in [3.05, 3.63) is 60.6 Å². The minimum absolute atomic E-state index is 0.289. The summed E-state index contributed by atoms with van der Waals surface area (Å²) in [6.07, 6.45) is 3.15. The van der Waals surface area contributed by atoms with Gasteiger partial charge in [0, 0.05) is 11.6 Å². The number of hydrogen-bond acceptors (Lipinski definition) is 4. The Labute approximate surface area is 115 Å². The first-order valence-electron chi connectivity index (χ1n) is 6.11. The Balaban J connectivity index is 1.93. The maximum absolute atomic E-state index is 12.1. The predicted octanol–water partition coefficient (Wildman–Crippen LogP) is 2.46. The molecule has 1 amide bonds. The molecule has 0 aliphatic heterocycles. The van der Waals surface area contributed by atoms with E-state index in [0.717, 1.165) is 10.9 Å². The second kappa shape index (κ2) is 4.97. The van der Waals surface area contributed by atoms with Crippen molar-refractivity contribution in [1.82, 2.24) is 9.97 Å². The normalized spacial score (nSPS) is 10.4. The smallest absolute Gasteiger partial charge is 0.274 e. The fourth-order valence-corrected chi connectivity index (χ4v) is 1.93. The molecule has 5 nitrogen and oxygen atoms in total. The monoisotopic (exact) mass is 264 g/mol. The molecule has 2 heterocycles. The lowest BCUT2D eigenvalue weighted by Gasteiger charge is -2.07. The summed E-state index contributed by atoms with van der Waals surface area (Å²) in [5.74, 6) is -0.289. The van der Waals surface area contributed by atoms with E-state index in [-0.39, 0.29) is 5.91 Å². The van der Waals surface area contributed by atoms with Gasteiger partial charge in [0.15, 0.2) is 0 Å². The van der Waals surface area contributed by atoms with Crippen molar-refractivity contribution >= 4 is 28.2 Å². The summed E-state index contributed by atoms with van der Waals surface area (Å²) in [6, 6.07) is 12.7. The number of para-hydroxylation sites is 1. The summed E-state index contributed by atoms with van der Waals surface area (Å²) in [4.78, 5) is 20.4. The maximum atomic E-state index is 12.1. The van der Waals surface area contributed by atoms with Gasteiger partial charge in [-0.3, -0.25) is 9.78 Å². The van der Waals surface area contributed by atoms with Crippen LogP contribution in [0.5, 0.6) is 0 Å². The highest BCUT2D eigenvalue weighted by Gasteiger charge is 2.09. The number of pyridine rings is 2. The number of benzene rings is 1. The number of nitrogen functional groups attached to an aromatic ring is 1. The summed E-state index contributed by atoms with van der Waals surface area (Å²) < 4.78 is 0. The highest BCUT2D eigenvalue weighted by atomic mass is 16.1. The van der Waals surface area contributed by atoms with Crippen molar-refractivity contribution in [2.75, 3.05) is 11.1 Å². The van der Waals surface area contributed by atoms with Crippen LogP contribution in [0.25, 0.3) is 10.9 Å². The second-order valence-corrected chi connectivity index (χ2v) is 4.31. The Kier molecular flexibility index (Phi) is 3.01. The van der Waals surface area contributed by atoms with E-state index < -0.39 is 0 Å². The first-order valence-corrected chi connectivity index (χ1v) is 6.11. The van der Waals surface area contributed by atoms with Crippen molar-refractivity contribution in [3.8, 4) is 0 Å². The van der Waals surface area contributed by atoms with E-state index in [0.29, 0.717) is 17.1 Å². The summed E-state index contributed by atoms with van der Waals surface area (Å²) in [7, 11) is 0. The van der Waals surface area contributed by atoms with Gasteiger partial charge in [0.1, 0.15) is 5.69 Å². The molecule has 0 radical (unpaired) electrons. The third-order valence-electron chi connectivity index (χ3n) is 2.90. The number of nitrogens with two attached hydrogens (primary N) is 1. The van der Waals surface area contributed by atoms with Crippen molar-refractivity contribution in [2.45, 2.75) is 0 Å². The summed E-state index contributed by atoms with van der Waals surface area (Å²) in [5.41, 5.74) is 7.79. The summed E-state index contributed by atoms with van der Waals surface area (Å²) >= 11 is 0. The van der Waals surface area contributed by atoms with E-state index in [1.165, 1.54) is 6.20 Å². The molecule has 2 aromatic heterocycles. The largest absolute Gasteiger partial charge is 0.397 e. The number of aromatic nitrogens is 2. The van der Waals surface area contributed by atoms with Crippen LogP contribution in [0.2, 0.25) is 0 Å². The van der Waals surface area contributed by atoms with Gasteiger partial charge in [-0.25, -0.2) is 4.98 Å². The second-order valence-electron chi connectivity index (χ2n) is 4.31. The lowest BCUT2D eigenvalue weighted by Crippen LogP contribution is -2.14. The van der Waals surface area contributed by atoms with Crippen molar-refractivity contribution in [1.29, 1.82) is 0 Å². The first-order chi connectivity index (χ1) is 9.74. The van der Waals surface area contributed by atoms with Crippen LogP contribution >= 0.6 is 0 Å². The Hall–Kier alpha value is -2.95. The average Bonchev–Trinajstić information content (AvgIpc) is 2.48. The zero-order chi connectivity index (χ0) is 13.9. The van der Waals surface area contributed by atoms with Crippen molar-refractivity contribution < 1.29 is 4.79 Å². The Morgan fingerprint density at radius 2 is 1.90 bits per heavy atom. The van der Waals surface area contributed by atoms with Gasteiger partial charge in [0.2, 0.25) is 0 Å². The van der Waals surface area contributed by atoms with Gasteiger partial charge in [0.05, 0.1) is 23.1 Å². The third-order valence-corrected chi connectivity index (χ3v) is 2.90. The minimum atomic E-state index is -0.289. The molecule has 20 heavy (non-hydrogen) atoms. The van der Waals surface area contributed by atoms with Gasteiger partial charge < -0.3 is 11.1 Å². The quantitative estimate of drug-likeness (QED) is 0.745. The highest BCUT2D eigenvalue weighted by Crippen LogP contribution is 2.21. The highest BCUT2D eigenvalue weighted by molar-refractivity contribution is 6.07. The van der Waals surface area contributed by atoms with Crippen LogP contribution in [-0.4, -0.2) is 15.9 Å². The topological polar surface area (TPSA) is 80.9 Å². The zero-order valence-corrected chi connectivity index (χ0v) is 10.6. The standard InChI is InChI=1S/C15H12N4O/c16-11-6-7-13(18-9-11)15(20)19-12-5-1-3-10-4-2-8-17-14(10)12/h1-9H,16H2,(H,19,20). The summed E-state index contributed by atoms with van der Waals surface area (Å²) in [6.45, 7) is 0. The van der Waals surface area contributed by atoms with Crippen LogP contribution < -0.4 is 11.1 Å². The number of nitrogens with zero attached hydrogens (tertiary/aromatic N) is 2. The van der Waals surface area contributed by atoms with Gasteiger partial charge in [-0.05, 0) is 24.3 Å². The van der Waals surface area contributed by atoms with Gasteiger partial charge in [-0.2, -0.15) is 0 Å². The number of rotatable bonds is 2. The van der Waals surface area contributed by atoms with E-state index in [1.54, 1.807) is 18.3 Å². The molecule has 98 valence electrons. The number of carbonyl (C=O) groups excluding carboxylic acids is 1. The van der Waals surface area contributed by atoms with E-state index in [1.807, 2.05) is 30.3 Å². The maximum Gasteiger partial charge on any atom is 0.274 e. The Morgan fingerprint density at radius 1 is 1.05 bits per heavy atom. The van der Waals surface area contributed by atoms with Crippen LogP contribution in [0.1, 0.15) is 10.5 Å². The molecule has 0 bridgehead atoms. The van der Waals surface area contributed by atoms with Gasteiger partial charge >= 0.3 is 0 Å². The van der Waals surface area contributed by atoms with E-state index in [4.69, 9.17) is 5.73 Å². The van der Waals surface area contributed by atoms with Gasteiger partial charge in [-0.1, -0.05) is 18.2 Å². The fraction of sp³-hybridized carbons (Fsp3) is 0. The predicted molar refractivity (Wildman–Crippen MR) is 78.3 cm³/mol. The summed E-state index contributed by atoms with van der Waals surface area (Å²) in [5, 5.41) is 3.78. The van der Waals surface area contributed by atoms with E-state index in [2.05, 4.69) is 15.3 Å². The number of hydrogen-bond donors (Lipinski definition) is 2. The molecule has 3 rings (SSSR count). The molecule has 0 atom stereocenters. The molecule has 0 saturated heterocycles. The average molecular weight is 264 g/mol. The number of anilines is 2. The third kappa shape index (κ3) is 2.29. The molecule has 0 fully saturated rings. The lowest BCUT2D eigenvalue weighted by atomic mass is 10.2. The van der Waals surface area contributed by atoms with Crippen LogP contribution in [0, 0.1) is 0 Å². The molecular formula is C15H12N4O. The van der Waals surface area contributed by atoms with Gasteiger partial charge in [-0.15, -0.1) is 0 Å². The molecule has 3 aromatic rings. The molecule has 0 aliphatic rings. The number of nitrogens with one attached hydrogen (secondary N) is 1. The van der Waals surface area contributed by atoms with Crippen LogP contribution in [0.4, 0.5) is 11.4 Å². The molecule has 0 spiro atoms. The van der Waals surface area contributed by atoms with Crippen molar-refractivity contribution in [3.63, 3.8) is 0 Å².